The van der Waals surface area contributed by atoms with Crippen LogP contribution in [0.2, 0.25) is 0 Å². The number of amides is 3. The van der Waals surface area contributed by atoms with Crippen LogP contribution >= 0.6 is 0 Å². The maximum absolute atomic E-state index is 14.0. The number of hydrogen-bond acceptors (Lipinski definition) is 9. The van der Waals surface area contributed by atoms with Crippen molar-refractivity contribution in [1.29, 1.82) is 0 Å². The number of piperidine rings is 2. The summed E-state index contributed by atoms with van der Waals surface area (Å²) in [7, 11) is 1.68. The summed E-state index contributed by atoms with van der Waals surface area (Å²) in [6.07, 6.45) is 5.41. The fraction of sp³-hybridized carbons (Fsp3) is 0.425. The molecule has 3 fully saturated rings. The summed E-state index contributed by atoms with van der Waals surface area (Å²) in [4.78, 5) is 59.6. The predicted molar refractivity (Wildman–Crippen MR) is 206 cm³/mol. The van der Waals surface area contributed by atoms with Crippen LogP contribution in [-0.2, 0) is 16.6 Å². The van der Waals surface area contributed by atoms with E-state index in [1.807, 2.05) is 18.2 Å². The number of para-hydroxylation sites is 1. The third-order valence-electron chi connectivity index (χ3n) is 11.2. The second-order valence-corrected chi connectivity index (χ2v) is 14.8. The number of pyridine rings is 1. The molecular formula is C40H43F2N11O4. The van der Waals surface area contributed by atoms with Gasteiger partial charge in [-0.3, -0.25) is 43.5 Å². The number of fused-ring (bicyclic) bond motifs is 1. The van der Waals surface area contributed by atoms with Crippen LogP contribution in [-0.4, -0.2) is 100 Å². The molecule has 3 amide bonds. The molecule has 0 spiro atoms. The number of halogens is 2. The van der Waals surface area contributed by atoms with Crippen molar-refractivity contribution in [2.75, 3.05) is 38.0 Å². The molecule has 7 heterocycles. The molecule has 1 aromatic carbocycles. The molecule has 15 nitrogen and oxygen atoms in total. The van der Waals surface area contributed by atoms with Crippen molar-refractivity contribution in [3.05, 3.63) is 82.3 Å². The van der Waals surface area contributed by atoms with Crippen LogP contribution in [0.15, 0.2) is 59.7 Å². The summed E-state index contributed by atoms with van der Waals surface area (Å²) in [5.41, 5.74) is 2.47. The van der Waals surface area contributed by atoms with E-state index in [-0.39, 0.29) is 41.9 Å². The summed E-state index contributed by atoms with van der Waals surface area (Å²) in [6.45, 7) is 4.37. The molecule has 17 heteroatoms. The molecule has 3 aliphatic heterocycles. The Morgan fingerprint density at radius 2 is 1.82 bits per heavy atom. The van der Waals surface area contributed by atoms with Crippen LogP contribution in [0.1, 0.15) is 85.2 Å². The number of benzene rings is 1. The smallest absolute Gasteiger partial charge is 0.318 e. The second-order valence-electron chi connectivity index (χ2n) is 14.8. The van der Waals surface area contributed by atoms with Gasteiger partial charge in [0.1, 0.15) is 11.7 Å². The fourth-order valence-corrected chi connectivity index (χ4v) is 8.08. The number of carbonyl (C=O) groups is 3. The Hall–Kier alpha value is -5.99. The monoisotopic (exact) mass is 779 g/mol. The van der Waals surface area contributed by atoms with E-state index < -0.39 is 30.0 Å². The van der Waals surface area contributed by atoms with Gasteiger partial charge in [0.05, 0.1) is 39.7 Å². The van der Waals surface area contributed by atoms with E-state index in [4.69, 9.17) is 0 Å². The lowest BCUT2D eigenvalue weighted by molar-refractivity contribution is -0.135. The van der Waals surface area contributed by atoms with E-state index in [0.29, 0.717) is 48.0 Å². The molecule has 4 aromatic heterocycles. The van der Waals surface area contributed by atoms with Gasteiger partial charge in [-0.15, -0.1) is 0 Å². The van der Waals surface area contributed by atoms with Crippen LogP contribution in [0.3, 0.4) is 0 Å². The largest absolute Gasteiger partial charge is 0.329 e. The fourth-order valence-electron chi connectivity index (χ4n) is 8.08. The highest BCUT2D eigenvalue weighted by molar-refractivity contribution is 6.03. The number of alkyl halides is 2. The number of hydrogen-bond donors (Lipinski definition) is 3. The molecule has 296 valence electrons. The van der Waals surface area contributed by atoms with Gasteiger partial charge in [-0.1, -0.05) is 24.0 Å². The standard InChI is InChI=1S/C40H43F2N11O4/c1-49-36-25(9-6-12-32(36)53(40(49)57)33-13-14-34(54)46-39(33)56)8-4-2-3-5-19-50-20-16-26(17-21-50)51-22-27(23-51)52-24-31(35(48-52)37(41)42)45-38(55)30-11-7-10-28(44-30)29-15-18-43-47-29/h6-7,9-12,15,18,24,26-27,33,37H,2-3,5,13-14,16-17,19-23H2,1H3,(H,43,47)(H,45,55)(H,46,54,56). The van der Waals surface area contributed by atoms with Crippen molar-refractivity contribution in [2.24, 2.45) is 7.05 Å². The molecule has 3 saturated heterocycles. The minimum atomic E-state index is -2.85. The highest BCUT2D eigenvalue weighted by Crippen LogP contribution is 2.32. The number of imide groups is 1. The van der Waals surface area contributed by atoms with E-state index >= 15 is 0 Å². The topological polar surface area (TPSA) is 168 Å². The predicted octanol–water partition coefficient (Wildman–Crippen LogP) is 4.03. The second kappa shape index (κ2) is 16.2. The number of rotatable bonds is 11. The van der Waals surface area contributed by atoms with Crippen LogP contribution in [0, 0.1) is 11.8 Å². The quantitative estimate of drug-likeness (QED) is 0.102. The number of nitrogens with zero attached hydrogens (tertiary/aromatic N) is 8. The highest BCUT2D eigenvalue weighted by atomic mass is 19.3. The van der Waals surface area contributed by atoms with Crippen LogP contribution in [0.25, 0.3) is 22.4 Å². The van der Waals surface area contributed by atoms with Gasteiger partial charge < -0.3 is 10.2 Å². The van der Waals surface area contributed by atoms with Gasteiger partial charge in [0.25, 0.3) is 12.3 Å². The molecule has 1 atom stereocenters. The van der Waals surface area contributed by atoms with Crippen LogP contribution in [0.5, 0.6) is 0 Å². The number of aromatic amines is 1. The average Bonchev–Trinajstić information content (AvgIpc) is 3.93. The Kier molecular flexibility index (Phi) is 10.8. The van der Waals surface area contributed by atoms with Crippen LogP contribution in [0.4, 0.5) is 14.5 Å². The van der Waals surface area contributed by atoms with Crippen molar-refractivity contribution in [3.8, 4) is 23.2 Å². The molecule has 8 rings (SSSR count). The lowest BCUT2D eigenvalue weighted by atomic mass is 9.97. The number of imidazole rings is 1. The first-order valence-corrected chi connectivity index (χ1v) is 19.3. The zero-order valence-electron chi connectivity index (χ0n) is 31.5. The van der Waals surface area contributed by atoms with E-state index in [1.54, 1.807) is 36.1 Å². The van der Waals surface area contributed by atoms with E-state index in [2.05, 4.69) is 52.6 Å². The third kappa shape index (κ3) is 7.87. The van der Waals surface area contributed by atoms with Gasteiger partial charge in [0.2, 0.25) is 11.8 Å². The maximum atomic E-state index is 14.0. The Morgan fingerprint density at radius 1 is 1.02 bits per heavy atom. The van der Waals surface area contributed by atoms with Crippen molar-refractivity contribution in [1.82, 2.24) is 49.2 Å². The van der Waals surface area contributed by atoms with Crippen molar-refractivity contribution in [2.45, 2.75) is 69.5 Å². The Morgan fingerprint density at radius 3 is 2.58 bits per heavy atom. The summed E-state index contributed by atoms with van der Waals surface area (Å²) >= 11 is 0. The van der Waals surface area contributed by atoms with Gasteiger partial charge in [-0.25, -0.2) is 18.6 Å². The highest BCUT2D eigenvalue weighted by Gasteiger charge is 2.37. The first-order valence-electron chi connectivity index (χ1n) is 19.3. The zero-order chi connectivity index (χ0) is 39.6. The zero-order valence-corrected chi connectivity index (χ0v) is 31.5. The molecule has 3 aliphatic rings. The Balaban J connectivity index is 0.785. The van der Waals surface area contributed by atoms with Gasteiger partial charge in [-0.2, -0.15) is 10.2 Å². The van der Waals surface area contributed by atoms with Crippen molar-refractivity contribution >= 4 is 34.4 Å². The molecule has 57 heavy (non-hydrogen) atoms. The third-order valence-corrected chi connectivity index (χ3v) is 11.2. The SMILES string of the molecule is Cn1c(=O)n(C2CCC(=O)NC2=O)c2cccc(C#CCCCCN3CCC(N4CC(n5cc(NC(=O)c6cccc(-c7ccn[nH]7)n6)c(C(F)F)n5)C4)CC3)c21. The number of aromatic nitrogens is 7. The first kappa shape index (κ1) is 37.9. The van der Waals surface area contributed by atoms with Gasteiger partial charge in [-0.05, 0) is 82.1 Å². The Labute approximate surface area is 326 Å². The summed E-state index contributed by atoms with van der Waals surface area (Å²) in [6, 6.07) is 11.8. The van der Waals surface area contributed by atoms with E-state index in [1.165, 1.54) is 21.4 Å². The number of carbonyl (C=O) groups excluding carboxylic acids is 3. The minimum absolute atomic E-state index is 0.0208. The molecule has 0 saturated carbocycles. The molecule has 3 N–H and O–H groups in total. The molecular weight excluding hydrogens is 737 g/mol. The lowest BCUT2D eigenvalue weighted by Gasteiger charge is -2.47. The molecule has 0 bridgehead atoms. The summed E-state index contributed by atoms with van der Waals surface area (Å²) in [5, 5.41) is 15.8. The molecule has 0 aliphatic carbocycles. The summed E-state index contributed by atoms with van der Waals surface area (Å²) < 4.78 is 32.5. The number of likely N-dealkylation sites (tertiary alicyclic amines) is 2. The minimum Gasteiger partial charge on any atom is -0.318 e. The van der Waals surface area contributed by atoms with E-state index in [9.17, 15) is 28.0 Å². The van der Waals surface area contributed by atoms with E-state index in [0.717, 1.165) is 50.9 Å². The van der Waals surface area contributed by atoms with Crippen LogP contribution < -0.4 is 16.3 Å². The van der Waals surface area contributed by atoms with Crippen molar-refractivity contribution in [3.63, 3.8) is 0 Å². The average molecular weight is 780 g/mol. The van der Waals surface area contributed by atoms with Gasteiger partial charge in [0, 0.05) is 51.4 Å². The number of nitrogens with one attached hydrogen (secondary N) is 3. The summed E-state index contributed by atoms with van der Waals surface area (Å²) in [5.74, 6) is 5.13. The number of H-pyrrole nitrogens is 1. The number of anilines is 1. The van der Waals surface area contributed by atoms with Crippen molar-refractivity contribution < 1.29 is 23.2 Å². The molecule has 5 aromatic rings. The van der Waals surface area contributed by atoms with Gasteiger partial charge >= 0.3 is 5.69 Å². The maximum Gasteiger partial charge on any atom is 0.329 e. The normalized spacial score (nSPS) is 18.4. The Bertz CT molecular complexity index is 2410. The molecule has 0 radical (unpaired) electrons. The number of unbranched alkanes of at least 4 members (excludes halogenated alkanes) is 2. The van der Waals surface area contributed by atoms with Gasteiger partial charge in [0.15, 0.2) is 5.69 Å². The molecule has 1 unspecified atom stereocenters. The first-order chi connectivity index (χ1) is 27.6. The number of aryl methyl sites for hydroxylation is 1. The lowest BCUT2D eigenvalue weighted by Crippen LogP contribution is -2.55.